The standard InChI is InChI=1S/C9H10N2O4/c1-15-9(14)6-2-5(4-8(12)13)3-7(10)11-6/h2-3H,4H2,1H3,(H2,10,11)(H,12,13). The van der Waals surface area contributed by atoms with Crippen molar-refractivity contribution in [3.05, 3.63) is 23.4 Å². The van der Waals surface area contributed by atoms with Gasteiger partial charge in [-0.25, -0.2) is 9.78 Å². The minimum absolute atomic E-state index is 0.00810. The predicted octanol–water partition coefficient (Wildman–Crippen LogP) is 0.0775. The molecule has 0 spiro atoms. The summed E-state index contributed by atoms with van der Waals surface area (Å²) in [5, 5.41) is 8.57. The van der Waals surface area contributed by atoms with Crippen LogP contribution in [0.3, 0.4) is 0 Å². The first-order chi connectivity index (χ1) is 7.02. The van der Waals surface area contributed by atoms with Gasteiger partial charge in [-0.3, -0.25) is 4.79 Å². The lowest BCUT2D eigenvalue weighted by Crippen LogP contribution is -2.09. The van der Waals surface area contributed by atoms with E-state index in [0.717, 1.165) is 0 Å². The predicted molar refractivity (Wildman–Crippen MR) is 51.3 cm³/mol. The molecule has 6 heteroatoms. The van der Waals surface area contributed by atoms with Crippen molar-refractivity contribution >= 4 is 17.8 Å². The Labute approximate surface area is 85.7 Å². The van der Waals surface area contributed by atoms with Crippen molar-refractivity contribution in [3.63, 3.8) is 0 Å². The van der Waals surface area contributed by atoms with Gasteiger partial charge in [-0.1, -0.05) is 0 Å². The Morgan fingerprint density at radius 2 is 2.20 bits per heavy atom. The number of nitrogens with two attached hydrogens (primary N) is 1. The van der Waals surface area contributed by atoms with E-state index < -0.39 is 11.9 Å². The Morgan fingerprint density at radius 1 is 1.53 bits per heavy atom. The van der Waals surface area contributed by atoms with Gasteiger partial charge in [0.25, 0.3) is 0 Å². The maximum Gasteiger partial charge on any atom is 0.356 e. The van der Waals surface area contributed by atoms with Crippen LogP contribution in [0.2, 0.25) is 0 Å². The summed E-state index contributed by atoms with van der Waals surface area (Å²) in [6.45, 7) is 0. The Bertz CT molecular complexity index is 403. The minimum atomic E-state index is -1.00. The molecule has 0 saturated carbocycles. The third kappa shape index (κ3) is 2.94. The van der Waals surface area contributed by atoms with Gasteiger partial charge in [-0.15, -0.1) is 0 Å². The zero-order valence-corrected chi connectivity index (χ0v) is 8.06. The number of carbonyl (C=O) groups is 2. The van der Waals surface area contributed by atoms with E-state index in [4.69, 9.17) is 10.8 Å². The van der Waals surface area contributed by atoms with Gasteiger partial charge in [-0.05, 0) is 17.7 Å². The van der Waals surface area contributed by atoms with E-state index >= 15 is 0 Å². The van der Waals surface area contributed by atoms with Crippen molar-refractivity contribution < 1.29 is 19.4 Å². The summed E-state index contributed by atoms with van der Waals surface area (Å²) in [6.07, 6.45) is -0.212. The van der Waals surface area contributed by atoms with E-state index in [1.54, 1.807) is 0 Å². The SMILES string of the molecule is COC(=O)c1cc(CC(=O)O)cc(N)n1. The lowest BCUT2D eigenvalue weighted by Gasteiger charge is -2.03. The molecule has 3 N–H and O–H groups in total. The van der Waals surface area contributed by atoms with Crippen molar-refractivity contribution in [1.82, 2.24) is 4.98 Å². The number of aromatic nitrogens is 1. The first-order valence-electron chi connectivity index (χ1n) is 4.09. The lowest BCUT2D eigenvalue weighted by atomic mass is 10.1. The topological polar surface area (TPSA) is 103 Å². The summed E-state index contributed by atoms with van der Waals surface area (Å²) in [7, 11) is 1.21. The van der Waals surface area contributed by atoms with Crippen LogP contribution in [0.1, 0.15) is 16.1 Å². The molecule has 1 aromatic rings. The number of hydrogen-bond donors (Lipinski definition) is 2. The fourth-order valence-corrected chi connectivity index (χ4v) is 1.10. The maximum absolute atomic E-state index is 11.1. The van der Waals surface area contributed by atoms with Crippen LogP contribution in [-0.4, -0.2) is 29.1 Å². The fourth-order valence-electron chi connectivity index (χ4n) is 1.10. The number of rotatable bonds is 3. The van der Waals surface area contributed by atoms with Crippen molar-refractivity contribution in [3.8, 4) is 0 Å². The number of methoxy groups -OCH3 is 1. The van der Waals surface area contributed by atoms with Gasteiger partial charge in [-0.2, -0.15) is 0 Å². The zero-order chi connectivity index (χ0) is 11.4. The Kier molecular flexibility index (Phi) is 3.22. The second-order valence-electron chi connectivity index (χ2n) is 2.85. The average molecular weight is 210 g/mol. The third-order valence-electron chi connectivity index (χ3n) is 1.65. The number of carbonyl (C=O) groups excluding carboxylic acids is 1. The number of nitrogen functional groups attached to an aromatic ring is 1. The molecule has 1 rings (SSSR count). The summed E-state index contributed by atoms with van der Waals surface area (Å²) < 4.78 is 4.45. The number of carboxylic acid groups (broad SMARTS) is 1. The molecule has 1 aromatic heterocycles. The highest BCUT2D eigenvalue weighted by atomic mass is 16.5. The van der Waals surface area contributed by atoms with Gasteiger partial charge in [0.05, 0.1) is 13.5 Å². The summed E-state index contributed by atoms with van der Waals surface area (Å²) in [4.78, 5) is 25.3. The summed E-state index contributed by atoms with van der Waals surface area (Å²) in [6, 6.07) is 2.75. The Hall–Kier alpha value is -2.11. The van der Waals surface area contributed by atoms with Crippen LogP contribution in [0.4, 0.5) is 5.82 Å². The minimum Gasteiger partial charge on any atom is -0.481 e. The molecule has 0 aromatic carbocycles. The molecule has 0 fully saturated rings. The molecule has 15 heavy (non-hydrogen) atoms. The van der Waals surface area contributed by atoms with Gasteiger partial charge < -0.3 is 15.6 Å². The van der Waals surface area contributed by atoms with Crippen LogP contribution in [0.15, 0.2) is 12.1 Å². The van der Waals surface area contributed by atoms with Crippen LogP contribution >= 0.6 is 0 Å². The number of hydrogen-bond acceptors (Lipinski definition) is 5. The first kappa shape index (κ1) is 11.0. The zero-order valence-electron chi connectivity index (χ0n) is 8.06. The van der Waals surface area contributed by atoms with Crippen molar-refractivity contribution in [2.24, 2.45) is 0 Å². The van der Waals surface area contributed by atoms with E-state index in [2.05, 4.69) is 9.72 Å². The molecule has 0 atom stereocenters. The van der Waals surface area contributed by atoms with Gasteiger partial charge in [0.2, 0.25) is 0 Å². The quantitative estimate of drug-likeness (QED) is 0.685. The van der Waals surface area contributed by atoms with Crippen LogP contribution in [0.5, 0.6) is 0 Å². The number of nitrogens with zero attached hydrogens (tertiary/aromatic N) is 1. The molecular formula is C9H10N2O4. The number of ether oxygens (including phenoxy) is 1. The number of anilines is 1. The van der Waals surface area contributed by atoms with Crippen molar-refractivity contribution in [1.29, 1.82) is 0 Å². The van der Waals surface area contributed by atoms with Gasteiger partial charge >= 0.3 is 11.9 Å². The van der Waals surface area contributed by atoms with Crippen LogP contribution < -0.4 is 5.73 Å². The average Bonchev–Trinajstić information content (AvgIpc) is 2.14. The molecule has 0 aliphatic heterocycles. The molecule has 0 saturated heterocycles. The summed E-state index contributed by atoms with van der Waals surface area (Å²) in [5.74, 6) is -1.56. The second-order valence-corrected chi connectivity index (χ2v) is 2.85. The second kappa shape index (κ2) is 4.41. The molecule has 80 valence electrons. The fraction of sp³-hybridized carbons (Fsp3) is 0.222. The molecular weight excluding hydrogens is 200 g/mol. The molecule has 1 heterocycles. The van der Waals surface area contributed by atoms with E-state index in [0.29, 0.717) is 5.56 Å². The summed E-state index contributed by atoms with van der Waals surface area (Å²) in [5.41, 5.74) is 5.84. The van der Waals surface area contributed by atoms with Crippen molar-refractivity contribution in [2.75, 3.05) is 12.8 Å². The van der Waals surface area contributed by atoms with E-state index in [1.807, 2.05) is 0 Å². The van der Waals surface area contributed by atoms with Crippen LogP contribution in [-0.2, 0) is 16.0 Å². The summed E-state index contributed by atoms with van der Waals surface area (Å²) >= 11 is 0. The van der Waals surface area contributed by atoms with Crippen LogP contribution in [0.25, 0.3) is 0 Å². The van der Waals surface area contributed by atoms with Gasteiger partial charge in [0, 0.05) is 0 Å². The number of esters is 1. The monoisotopic (exact) mass is 210 g/mol. The molecule has 0 bridgehead atoms. The highest BCUT2D eigenvalue weighted by molar-refractivity contribution is 5.88. The molecule has 0 aliphatic carbocycles. The molecule has 0 aliphatic rings. The Balaban J connectivity index is 3.04. The lowest BCUT2D eigenvalue weighted by molar-refractivity contribution is -0.136. The van der Waals surface area contributed by atoms with Crippen molar-refractivity contribution in [2.45, 2.75) is 6.42 Å². The number of aliphatic carboxylic acids is 1. The first-order valence-corrected chi connectivity index (χ1v) is 4.09. The smallest absolute Gasteiger partial charge is 0.356 e. The molecule has 0 unspecified atom stereocenters. The van der Waals surface area contributed by atoms with Gasteiger partial charge in [0.1, 0.15) is 5.82 Å². The third-order valence-corrected chi connectivity index (χ3v) is 1.65. The van der Waals surface area contributed by atoms with Crippen LogP contribution in [0, 0.1) is 0 Å². The number of carboxylic acids is 1. The highest BCUT2D eigenvalue weighted by Gasteiger charge is 2.11. The largest absolute Gasteiger partial charge is 0.481 e. The van der Waals surface area contributed by atoms with E-state index in [1.165, 1.54) is 19.2 Å². The van der Waals surface area contributed by atoms with E-state index in [-0.39, 0.29) is 17.9 Å². The molecule has 0 amide bonds. The Morgan fingerprint density at radius 3 is 2.73 bits per heavy atom. The maximum atomic E-state index is 11.1. The highest BCUT2D eigenvalue weighted by Crippen LogP contribution is 2.09. The van der Waals surface area contributed by atoms with Gasteiger partial charge in [0.15, 0.2) is 5.69 Å². The molecule has 6 nitrogen and oxygen atoms in total. The number of pyridine rings is 1. The normalized spacial score (nSPS) is 9.67. The van der Waals surface area contributed by atoms with E-state index in [9.17, 15) is 9.59 Å². The molecule has 0 radical (unpaired) electrons.